The number of hydrogen-bond donors (Lipinski definition) is 3. The van der Waals surface area contributed by atoms with E-state index in [2.05, 4.69) is 16.0 Å². The topological polar surface area (TPSA) is 70.2 Å². The Balaban J connectivity index is 1.80. The molecular formula is C15H21N3O2. The molecule has 1 fully saturated rings. The number of benzene rings is 1. The fraction of sp³-hybridized carbons (Fsp3) is 0.467. The Kier molecular flexibility index (Phi) is 4.61. The van der Waals surface area contributed by atoms with Crippen molar-refractivity contribution in [2.75, 3.05) is 18.9 Å². The van der Waals surface area contributed by atoms with E-state index in [1.807, 2.05) is 26.1 Å². The Morgan fingerprint density at radius 2 is 2.05 bits per heavy atom. The Morgan fingerprint density at radius 1 is 1.30 bits per heavy atom. The summed E-state index contributed by atoms with van der Waals surface area (Å²) in [7, 11) is 1.84. The van der Waals surface area contributed by atoms with Crippen LogP contribution in [0.25, 0.3) is 0 Å². The maximum absolute atomic E-state index is 12.0. The fourth-order valence-electron chi connectivity index (χ4n) is 1.99. The molecule has 0 bridgehead atoms. The lowest BCUT2D eigenvalue weighted by Gasteiger charge is -2.09. The van der Waals surface area contributed by atoms with Crippen LogP contribution in [0.2, 0.25) is 0 Å². The summed E-state index contributed by atoms with van der Waals surface area (Å²) in [6.45, 7) is 2.26. The number of nitrogens with one attached hydrogen (secondary N) is 3. The number of aryl methyl sites for hydroxylation is 1. The van der Waals surface area contributed by atoms with Gasteiger partial charge in [-0.1, -0.05) is 0 Å². The molecule has 0 atom stereocenters. The molecule has 0 unspecified atom stereocenters. The SMILES string of the molecule is CNc1ccc(C(=O)NCCC(=O)NC2CC2)c(C)c1. The zero-order valence-corrected chi connectivity index (χ0v) is 12.0. The van der Waals surface area contributed by atoms with Crippen molar-refractivity contribution in [1.82, 2.24) is 10.6 Å². The number of anilines is 1. The molecule has 5 heteroatoms. The van der Waals surface area contributed by atoms with Crippen LogP contribution in [0.4, 0.5) is 5.69 Å². The minimum Gasteiger partial charge on any atom is -0.388 e. The van der Waals surface area contributed by atoms with Crippen molar-refractivity contribution in [3.05, 3.63) is 29.3 Å². The molecule has 1 aromatic carbocycles. The van der Waals surface area contributed by atoms with Crippen LogP contribution in [0, 0.1) is 6.92 Å². The number of carbonyl (C=O) groups is 2. The molecule has 2 rings (SSSR count). The summed E-state index contributed by atoms with van der Waals surface area (Å²) in [5.41, 5.74) is 2.53. The first-order valence-corrected chi connectivity index (χ1v) is 6.96. The lowest BCUT2D eigenvalue weighted by molar-refractivity contribution is -0.121. The van der Waals surface area contributed by atoms with Gasteiger partial charge in [-0.3, -0.25) is 9.59 Å². The van der Waals surface area contributed by atoms with Gasteiger partial charge in [-0.05, 0) is 43.5 Å². The lowest BCUT2D eigenvalue weighted by atomic mass is 10.1. The van der Waals surface area contributed by atoms with Gasteiger partial charge in [-0.25, -0.2) is 0 Å². The third-order valence-corrected chi connectivity index (χ3v) is 3.34. The van der Waals surface area contributed by atoms with Crippen LogP contribution in [-0.2, 0) is 4.79 Å². The van der Waals surface area contributed by atoms with Crippen molar-refractivity contribution in [1.29, 1.82) is 0 Å². The van der Waals surface area contributed by atoms with Crippen LogP contribution < -0.4 is 16.0 Å². The van der Waals surface area contributed by atoms with E-state index >= 15 is 0 Å². The maximum Gasteiger partial charge on any atom is 0.251 e. The van der Waals surface area contributed by atoms with Gasteiger partial charge in [0, 0.05) is 37.3 Å². The quantitative estimate of drug-likeness (QED) is 0.735. The smallest absolute Gasteiger partial charge is 0.251 e. The van der Waals surface area contributed by atoms with E-state index < -0.39 is 0 Å². The summed E-state index contributed by atoms with van der Waals surface area (Å²) >= 11 is 0. The first-order chi connectivity index (χ1) is 9.60. The second kappa shape index (κ2) is 6.41. The number of rotatable bonds is 6. The minimum absolute atomic E-state index is 0.00931. The van der Waals surface area contributed by atoms with Gasteiger partial charge in [-0.15, -0.1) is 0 Å². The summed E-state index contributed by atoms with van der Waals surface area (Å²) < 4.78 is 0. The van der Waals surface area contributed by atoms with Gasteiger partial charge in [0.05, 0.1) is 0 Å². The van der Waals surface area contributed by atoms with Crippen molar-refractivity contribution in [3.63, 3.8) is 0 Å². The van der Waals surface area contributed by atoms with E-state index in [0.29, 0.717) is 24.6 Å². The fourth-order valence-corrected chi connectivity index (χ4v) is 1.99. The zero-order chi connectivity index (χ0) is 14.5. The van der Waals surface area contributed by atoms with Gasteiger partial charge >= 0.3 is 0 Å². The largest absolute Gasteiger partial charge is 0.388 e. The van der Waals surface area contributed by atoms with Crippen LogP contribution in [0.15, 0.2) is 18.2 Å². The maximum atomic E-state index is 12.0. The minimum atomic E-state index is -0.135. The molecule has 0 aliphatic heterocycles. The summed E-state index contributed by atoms with van der Waals surface area (Å²) in [6, 6.07) is 5.95. The number of carbonyl (C=O) groups excluding carboxylic acids is 2. The molecule has 5 nitrogen and oxygen atoms in total. The molecular weight excluding hydrogens is 254 g/mol. The molecule has 1 aliphatic carbocycles. The van der Waals surface area contributed by atoms with E-state index in [1.165, 1.54) is 0 Å². The highest BCUT2D eigenvalue weighted by Crippen LogP contribution is 2.18. The van der Waals surface area contributed by atoms with Gasteiger partial charge in [-0.2, -0.15) is 0 Å². The normalized spacial score (nSPS) is 13.7. The Hall–Kier alpha value is -2.04. The van der Waals surface area contributed by atoms with Crippen molar-refractivity contribution in [2.45, 2.75) is 32.2 Å². The Labute approximate surface area is 119 Å². The van der Waals surface area contributed by atoms with Crippen molar-refractivity contribution >= 4 is 17.5 Å². The molecule has 1 aliphatic rings. The van der Waals surface area contributed by atoms with Crippen molar-refractivity contribution < 1.29 is 9.59 Å². The molecule has 3 N–H and O–H groups in total. The van der Waals surface area contributed by atoms with Crippen molar-refractivity contribution in [2.24, 2.45) is 0 Å². The highest BCUT2D eigenvalue weighted by molar-refractivity contribution is 5.96. The zero-order valence-electron chi connectivity index (χ0n) is 12.0. The monoisotopic (exact) mass is 275 g/mol. The average molecular weight is 275 g/mol. The molecule has 108 valence electrons. The highest BCUT2D eigenvalue weighted by atomic mass is 16.2. The first kappa shape index (κ1) is 14.4. The third kappa shape index (κ3) is 3.98. The average Bonchev–Trinajstić information content (AvgIpc) is 3.22. The summed E-state index contributed by atoms with van der Waals surface area (Å²) in [6.07, 6.45) is 2.49. The number of amides is 2. The molecule has 2 amide bonds. The van der Waals surface area contributed by atoms with E-state index in [-0.39, 0.29) is 11.8 Å². The first-order valence-electron chi connectivity index (χ1n) is 6.96. The lowest BCUT2D eigenvalue weighted by Crippen LogP contribution is -2.31. The predicted octanol–water partition coefficient (Wildman–Crippen LogP) is 1.44. The number of hydrogen-bond acceptors (Lipinski definition) is 3. The van der Waals surface area contributed by atoms with Crippen molar-refractivity contribution in [3.8, 4) is 0 Å². The molecule has 0 spiro atoms. The van der Waals surface area contributed by atoms with Gasteiger partial charge in [0.25, 0.3) is 5.91 Å². The Morgan fingerprint density at radius 3 is 2.65 bits per heavy atom. The standard InChI is InChI=1S/C15H21N3O2/c1-10-9-12(16-2)5-6-13(10)15(20)17-8-7-14(19)18-11-3-4-11/h5-6,9,11,16H,3-4,7-8H2,1-2H3,(H,17,20)(H,18,19). The van der Waals surface area contributed by atoms with Crippen LogP contribution >= 0.6 is 0 Å². The third-order valence-electron chi connectivity index (χ3n) is 3.34. The van der Waals surface area contributed by atoms with E-state index in [1.54, 1.807) is 6.07 Å². The summed E-state index contributed by atoms with van der Waals surface area (Å²) in [5.74, 6) is -0.126. The molecule has 0 radical (unpaired) electrons. The van der Waals surface area contributed by atoms with Gasteiger partial charge in [0.15, 0.2) is 0 Å². The second-order valence-electron chi connectivity index (χ2n) is 5.13. The predicted molar refractivity (Wildman–Crippen MR) is 78.8 cm³/mol. The van der Waals surface area contributed by atoms with Gasteiger partial charge < -0.3 is 16.0 Å². The molecule has 0 aromatic heterocycles. The van der Waals surface area contributed by atoms with E-state index in [4.69, 9.17) is 0 Å². The molecule has 1 aromatic rings. The molecule has 1 saturated carbocycles. The van der Waals surface area contributed by atoms with Gasteiger partial charge in [0.2, 0.25) is 5.91 Å². The van der Waals surface area contributed by atoms with Crippen LogP contribution in [0.3, 0.4) is 0 Å². The highest BCUT2D eigenvalue weighted by Gasteiger charge is 2.22. The molecule has 20 heavy (non-hydrogen) atoms. The van der Waals surface area contributed by atoms with Gasteiger partial charge in [0.1, 0.15) is 0 Å². The summed E-state index contributed by atoms with van der Waals surface area (Å²) in [4.78, 5) is 23.5. The van der Waals surface area contributed by atoms with E-state index in [0.717, 1.165) is 24.1 Å². The molecule has 0 saturated heterocycles. The van der Waals surface area contributed by atoms with Crippen LogP contribution in [0.1, 0.15) is 35.2 Å². The van der Waals surface area contributed by atoms with E-state index in [9.17, 15) is 9.59 Å². The molecule has 0 heterocycles. The second-order valence-corrected chi connectivity index (χ2v) is 5.13. The van der Waals surface area contributed by atoms with Crippen LogP contribution in [-0.4, -0.2) is 31.4 Å². The Bertz CT molecular complexity index is 510. The van der Waals surface area contributed by atoms with Crippen LogP contribution in [0.5, 0.6) is 0 Å². The summed E-state index contributed by atoms with van der Waals surface area (Å²) in [5, 5.41) is 8.71.